The lowest BCUT2D eigenvalue weighted by atomic mass is 9.81. The van der Waals surface area contributed by atoms with Gasteiger partial charge in [0.1, 0.15) is 11.6 Å². The molecule has 1 saturated carbocycles. The van der Waals surface area contributed by atoms with E-state index in [9.17, 15) is 49.1 Å². The van der Waals surface area contributed by atoms with Crippen molar-refractivity contribution in [1.82, 2.24) is 15.3 Å². The number of halogens is 10. The zero-order valence-corrected chi connectivity index (χ0v) is 21.0. The van der Waals surface area contributed by atoms with E-state index in [1.807, 2.05) is 0 Å². The van der Waals surface area contributed by atoms with Gasteiger partial charge in [0.25, 0.3) is 5.56 Å². The Morgan fingerprint density at radius 3 is 2.14 bits per heavy atom. The number of ether oxygens (including phenoxy) is 1. The van der Waals surface area contributed by atoms with E-state index in [2.05, 4.69) is 10.3 Å². The molecule has 0 bridgehead atoms. The number of nitrogens with one attached hydrogen (secondary N) is 2. The van der Waals surface area contributed by atoms with E-state index in [4.69, 9.17) is 4.74 Å². The maximum atomic E-state index is 15.3. The van der Waals surface area contributed by atoms with Gasteiger partial charge in [-0.1, -0.05) is 18.2 Å². The van der Waals surface area contributed by atoms with Gasteiger partial charge < -0.3 is 15.0 Å². The minimum Gasteiger partial charge on any atom is -0.373 e. The molecule has 1 amide bonds. The van der Waals surface area contributed by atoms with E-state index in [0.717, 1.165) is 12.1 Å². The van der Waals surface area contributed by atoms with E-state index >= 15 is 4.39 Å². The van der Waals surface area contributed by atoms with Crippen LogP contribution in [0.4, 0.5) is 43.9 Å². The number of alkyl halides is 9. The van der Waals surface area contributed by atoms with Crippen LogP contribution in [0, 0.1) is 11.7 Å². The molecule has 1 fully saturated rings. The third-order valence-electron chi connectivity index (χ3n) is 6.48. The van der Waals surface area contributed by atoms with Gasteiger partial charge in [-0.2, -0.15) is 39.5 Å². The van der Waals surface area contributed by atoms with Gasteiger partial charge >= 0.3 is 18.5 Å². The predicted molar refractivity (Wildman–Crippen MR) is 125 cm³/mol. The number of rotatable bonds is 7. The number of hydrogen-bond donors (Lipinski definition) is 2. The van der Waals surface area contributed by atoms with Crippen molar-refractivity contribution in [2.75, 3.05) is 0 Å². The summed E-state index contributed by atoms with van der Waals surface area (Å²) in [5, 5.41) is 2.35. The minimum atomic E-state index is -5.23. The molecule has 0 radical (unpaired) electrons. The molecule has 6 nitrogen and oxygen atoms in total. The third kappa shape index (κ3) is 7.09. The number of nitrogens with zero attached hydrogens (tertiary/aromatic N) is 1. The number of benzene rings is 2. The molecule has 1 heterocycles. The Kier molecular flexibility index (Phi) is 8.40. The number of carbonyl (C=O) groups excluding carboxylic acids is 1. The summed E-state index contributed by atoms with van der Waals surface area (Å²) in [7, 11) is 0. The molecule has 0 aliphatic heterocycles. The smallest absolute Gasteiger partial charge is 0.373 e. The SMILES string of the molecule is O=C(NCc1ccc(C(F)(F)F)c(-c2nc(C(F)(F)F)cc(=O)[nH]2)c1F)C1CC(OCc2ccc(C(F)(F)F)cc2)C1. The van der Waals surface area contributed by atoms with Crippen LogP contribution in [0.1, 0.15) is 40.8 Å². The summed E-state index contributed by atoms with van der Waals surface area (Å²) < 4.78 is 139. The molecular weight excluding hydrogens is 592 g/mol. The zero-order chi connectivity index (χ0) is 31.0. The van der Waals surface area contributed by atoms with Gasteiger partial charge in [0.2, 0.25) is 5.91 Å². The van der Waals surface area contributed by atoms with Gasteiger partial charge in [0.15, 0.2) is 5.69 Å². The van der Waals surface area contributed by atoms with E-state index in [-0.39, 0.29) is 25.5 Å². The van der Waals surface area contributed by atoms with Gasteiger partial charge in [-0.25, -0.2) is 9.37 Å². The number of H-pyrrole nitrogens is 1. The lowest BCUT2D eigenvalue weighted by molar-refractivity contribution is -0.141. The molecule has 4 rings (SSSR count). The van der Waals surface area contributed by atoms with Crippen LogP contribution in [-0.2, 0) is 41.2 Å². The van der Waals surface area contributed by atoms with Crippen LogP contribution in [0.15, 0.2) is 47.3 Å². The molecule has 16 heteroatoms. The molecule has 1 aromatic heterocycles. The highest BCUT2D eigenvalue weighted by atomic mass is 19.4. The first-order chi connectivity index (χ1) is 19.4. The molecular formula is C26H19F10N3O3. The van der Waals surface area contributed by atoms with Crippen LogP contribution in [0.2, 0.25) is 0 Å². The molecule has 1 aliphatic rings. The number of aromatic nitrogens is 2. The monoisotopic (exact) mass is 611 g/mol. The molecule has 0 unspecified atom stereocenters. The molecule has 42 heavy (non-hydrogen) atoms. The van der Waals surface area contributed by atoms with Crippen LogP contribution in [0.3, 0.4) is 0 Å². The molecule has 226 valence electrons. The molecule has 2 aromatic carbocycles. The highest BCUT2D eigenvalue weighted by Gasteiger charge is 2.39. The lowest BCUT2D eigenvalue weighted by Gasteiger charge is -2.34. The Morgan fingerprint density at radius 2 is 1.57 bits per heavy atom. The summed E-state index contributed by atoms with van der Waals surface area (Å²) in [5.41, 5.74) is -7.25. The number of carbonyl (C=O) groups is 1. The average molecular weight is 611 g/mol. The molecule has 3 aromatic rings. The number of aromatic amines is 1. The van der Waals surface area contributed by atoms with E-state index < -0.39 is 88.2 Å². The van der Waals surface area contributed by atoms with Crippen molar-refractivity contribution < 1.29 is 53.4 Å². The fourth-order valence-electron chi connectivity index (χ4n) is 4.19. The van der Waals surface area contributed by atoms with Crippen molar-refractivity contribution in [3.05, 3.63) is 86.6 Å². The summed E-state index contributed by atoms with van der Waals surface area (Å²) in [6.45, 7) is -0.644. The molecule has 1 aliphatic carbocycles. The number of amides is 1. The Balaban J connectivity index is 1.41. The van der Waals surface area contributed by atoms with Crippen LogP contribution in [0.25, 0.3) is 11.4 Å². The summed E-state index contributed by atoms with van der Waals surface area (Å²) >= 11 is 0. The van der Waals surface area contributed by atoms with Crippen LogP contribution in [0.5, 0.6) is 0 Å². The average Bonchev–Trinajstić information content (AvgIpc) is 2.85. The van der Waals surface area contributed by atoms with E-state index in [1.54, 1.807) is 4.98 Å². The van der Waals surface area contributed by atoms with Crippen LogP contribution < -0.4 is 10.9 Å². The second-order valence-electron chi connectivity index (χ2n) is 9.45. The van der Waals surface area contributed by atoms with E-state index in [0.29, 0.717) is 17.7 Å². The van der Waals surface area contributed by atoms with E-state index in [1.165, 1.54) is 12.1 Å². The van der Waals surface area contributed by atoms with Crippen molar-refractivity contribution in [2.45, 2.75) is 50.6 Å². The topological polar surface area (TPSA) is 84.1 Å². The Bertz CT molecular complexity index is 1510. The maximum Gasteiger partial charge on any atom is 0.433 e. The first kappa shape index (κ1) is 31.0. The summed E-state index contributed by atoms with van der Waals surface area (Å²) in [5.74, 6) is -4.14. The quantitative estimate of drug-likeness (QED) is 0.310. The first-order valence-electron chi connectivity index (χ1n) is 12.1. The van der Waals surface area contributed by atoms with Crippen LogP contribution >= 0.6 is 0 Å². The largest absolute Gasteiger partial charge is 0.433 e. The summed E-state index contributed by atoms with van der Waals surface area (Å²) in [4.78, 5) is 28.9. The molecule has 0 spiro atoms. The lowest BCUT2D eigenvalue weighted by Crippen LogP contribution is -2.42. The standard InChI is InChI=1S/C26H19F10N3O3/c27-21-13(3-6-17(25(31,32)33)20(21)22-38-18(26(34,35)36)9-19(40)39-22)10-37-23(41)14-7-16(8-14)42-11-12-1-4-15(5-2-12)24(28,29)30/h1-6,9,14,16H,7-8,10-11H2,(H,37,41)(H,38,39,40). The Labute approximate surface area is 229 Å². The van der Waals surface area contributed by atoms with Gasteiger partial charge in [-0.15, -0.1) is 0 Å². The second kappa shape index (κ2) is 11.4. The van der Waals surface area contributed by atoms with Crippen molar-refractivity contribution >= 4 is 5.91 Å². The second-order valence-corrected chi connectivity index (χ2v) is 9.45. The molecule has 0 saturated heterocycles. The fraction of sp³-hybridized carbons (Fsp3) is 0.346. The third-order valence-corrected chi connectivity index (χ3v) is 6.48. The van der Waals surface area contributed by atoms with Crippen LogP contribution in [-0.4, -0.2) is 22.0 Å². The van der Waals surface area contributed by atoms with Crippen molar-refractivity contribution in [1.29, 1.82) is 0 Å². The zero-order valence-electron chi connectivity index (χ0n) is 21.0. The highest BCUT2D eigenvalue weighted by molar-refractivity contribution is 5.79. The Hall–Kier alpha value is -3.95. The first-order valence-corrected chi connectivity index (χ1v) is 12.1. The van der Waals surface area contributed by atoms with Gasteiger partial charge in [-0.05, 0) is 36.6 Å². The van der Waals surface area contributed by atoms with Gasteiger partial charge in [0.05, 0.1) is 29.4 Å². The normalized spacial score (nSPS) is 17.6. The minimum absolute atomic E-state index is 0.0116. The Morgan fingerprint density at radius 1 is 0.929 bits per heavy atom. The summed E-state index contributed by atoms with van der Waals surface area (Å²) in [6.07, 6.45) is -14.9. The van der Waals surface area contributed by atoms with Crippen molar-refractivity contribution in [3.8, 4) is 11.4 Å². The van der Waals surface area contributed by atoms with Gasteiger partial charge in [0, 0.05) is 24.1 Å². The van der Waals surface area contributed by atoms with Crippen molar-refractivity contribution in [3.63, 3.8) is 0 Å². The summed E-state index contributed by atoms with van der Waals surface area (Å²) in [6, 6.07) is 5.42. The van der Waals surface area contributed by atoms with Crippen molar-refractivity contribution in [2.24, 2.45) is 5.92 Å². The highest BCUT2D eigenvalue weighted by Crippen LogP contribution is 2.39. The molecule has 2 N–H and O–H groups in total. The van der Waals surface area contributed by atoms with Gasteiger partial charge in [-0.3, -0.25) is 9.59 Å². The predicted octanol–water partition coefficient (Wildman–Crippen LogP) is 6.24. The fourth-order valence-corrected chi connectivity index (χ4v) is 4.19. The number of hydrogen-bond acceptors (Lipinski definition) is 4. The maximum absolute atomic E-state index is 15.3. The molecule has 0 atom stereocenters.